The van der Waals surface area contributed by atoms with Crippen LogP contribution in [0.5, 0.6) is 0 Å². The van der Waals surface area contributed by atoms with Crippen LogP contribution >= 0.6 is 0 Å². The van der Waals surface area contributed by atoms with Crippen LogP contribution in [-0.4, -0.2) is 30.9 Å². The number of hydrogen-bond acceptors (Lipinski definition) is 3. The topological polar surface area (TPSA) is 63.2 Å². The second kappa shape index (κ2) is 10.8. The predicted molar refractivity (Wildman–Crippen MR) is 114 cm³/mol. The first-order valence-corrected chi connectivity index (χ1v) is 11.8. The summed E-state index contributed by atoms with van der Waals surface area (Å²) < 4.78 is 23.4. The largest absolute Gasteiger partial charge is 0.350 e. The number of nitrogens with one attached hydrogen (secondary N) is 1. The molecule has 0 aromatic heterocycles. The van der Waals surface area contributed by atoms with Crippen molar-refractivity contribution in [2.45, 2.75) is 90.4 Å². The molecule has 5 heteroatoms. The number of carbonyl (C=O) groups excluding carboxylic acids is 1. The van der Waals surface area contributed by atoms with Gasteiger partial charge in [-0.05, 0) is 71.1 Å². The molecule has 1 aromatic rings. The molecule has 0 aliphatic heterocycles. The third kappa shape index (κ3) is 8.46. The van der Waals surface area contributed by atoms with Crippen molar-refractivity contribution in [3.63, 3.8) is 0 Å². The van der Waals surface area contributed by atoms with Crippen molar-refractivity contribution in [1.82, 2.24) is 5.32 Å². The Hall–Kier alpha value is -1.36. The number of aryl methyl sites for hydroxylation is 1. The highest BCUT2D eigenvalue weighted by Crippen LogP contribution is 2.18. The molecule has 0 fully saturated rings. The summed E-state index contributed by atoms with van der Waals surface area (Å²) in [7, 11) is -2.99. The SMILES string of the molecule is CCC(C)NC(=O)c1ccc(CCCCCCCS(=O)(=O)C(C)(C)C)cc1. The molecule has 1 rings (SSSR count). The minimum Gasteiger partial charge on any atom is -0.350 e. The molecule has 1 atom stereocenters. The zero-order valence-corrected chi connectivity index (χ0v) is 18.5. The van der Waals surface area contributed by atoms with Gasteiger partial charge in [-0.25, -0.2) is 8.42 Å². The molecular weight excluding hydrogens is 358 g/mol. The van der Waals surface area contributed by atoms with E-state index in [1.807, 2.05) is 31.2 Å². The summed E-state index contributed by atoms with van der Waals surface area (Å²) in [6.45, 7) is 9.35. The Bertz CT molecular complexity index is 673. The van der Waals surface area contributed by atoms with Crippen molar-refractivity contribution in [3.8, 4) is 0 Å². The van der Waals surface area contributed by atoms with Gasteiger partial charge in [-0.15, -0.1) is 0 Å². The van der Waals surface area contributed by atoms with Gasteiger partial charge in [0.15, 0.2) is 9.84 Å². The maximum atomic E-state index is 12.1. The molecule has 1 N–H and O–H groups in total. The van der Waals surface area contributed by atoms with E-state index in [-0.39, 0.29) is 17.7 Å². The Morgan fingerprint density at radius 3 is 2.11 bits per heavy atom. The van der Waals surface area contributed by atoms with Crippen molar-refractivity contribution < 1.29 is 13.2 Å². The molecule has 4 nitrogen and oxygen atoms in total. The third-order valence-corrected chi connectivity index (χ3v) is 7.71. The number of sulfone groups is 1. The summed E-state index contributed by atoms with van der Waals surface area (Å²) in [6, 6.07) is 8.04. The molecule has 0 aliphatic carbocycles. The highest BCUT2D eigenvalue weighted by atomic mass is 32.2. The highest BCUT2D eigenvalue weighted by Gasteiger charge is 2.27. The summed E-state index contributed by atoms with van der Waals surface area (Å²) in [4.78, 5) is 12.1. The standard InChI is InChI=1S/C22H37NO3S/c1-6-18(2)23-21(24)20-15-13-19(14-16-20)12-10-8-7-9-11-17-27(25,26)22(3,4)5/h13-16,18H,6-12,17H2,1-5H3,(H,23,24). The second-order valence-electron chi connectivity index (χ2n) is 8.43. The van der Waals surface area contributed by atoms with Crippen LogP contribution in [0, 0.1) is 0 Å². The van der Waals surface area contributed by atoms with Crippen LogP contribution in [0.3, 0.4) is 0 Å². The number of carbonyl (C=O) groups is 1. The smallest absolute Gasteiger partial charge is 0.251 e. The first-order chi connectivity index (χ1) is 12.6. The van der Waals surface area contributed by atoms with Crippen molar-refractivity contribution in [2.24, 2.45) is 0 Å². The first-order valence-electron chi connectivity index (χ1n) is 10.2. The van der Waals surface area contributed by atoms with Crippen molar-refractivity contribution in [3.05, 3.63) is 35.4 Å². The maximum Gasteiger partial charge on any atom is 0.251 e. The van der Waals surface area contributed by atoms with Gasteiger partial charge in [-0.1, -0.05) is 38.3 Å². The lowest BCUT2D eigenvalue weighted by molar-refractivity contribution is 0.0939. The lowest BCUT2D eigenvalue weighted by Gasteiger charge is -2.18. The fourth-order valence-corrected chi connectivity index (χ4v) is 3.89. The zero-order valence-electron chi connectivity index (χ0n) is 17.7. The normalized spacial score (nSPS) is 13.4. The molecule has 0 bridgehead atoms. The van der Waals surface area contributed by atoms with Crippen LogP contribution in [-0.2, 0) is 16.3 Å². The Morgan fingerprint density at radius 2 is 1.56 bits per heavy atom. The van der Waals surface area contributed by atoms with Crippen LogP contribution in [0.2, 0.25) is 0 Å². The van der Waals surface area contributed by atoms with Crippen LogP contribution < -0.4 is 5.32 Å². The summed E-state index contributed by atoms with van der Waals surface area (Å²) in [5.41, 5.74) is 1.95. The lowest BCUT2D eigenvalue weighted by atomic mass is 10.0. The van der Waals surface area contributed by atoms with E-state index in [0.29, 0.717) is 5.56 Å². The zero-order chi connectivity index (χ0) is 20.5. The van der Waals surface area contributed by atoms with Gasteiger partial charge in [-0.2, -0.15) is 0 Å². The van der Waals surface area contributed by atoms with Gasteiger partial charge in [0.25, 0.3) is 5.91 Å². The van der Waals surface area contributed by atoms with Crippen LogP contribution in [0.15, 0.2) is 24.3 Å². The van der Waals surface area contributed by atoms with E-state index in [1.165, 1.54) is 5.56 Å². The Balaban J connectivity index is 2.25. The van der Waals surface area contributed by atoms with Crippen molar-refractivity contribution >= 4 is 15.7 Å². The summed E-state index contributed by atoms with van der Waals surface area (Å²) in [5, 5.41) is 2.98. The number of rotatable bonds is 11. The van der Waals surface area contributed by atoms with E-state index < -0.39 is 14.6 Å². The van der Waals surface area contributed by atoms with E-state index in [4.69, 9.17) is 0 Å². The average molecular weight is 396 g/mol. The second-order valence-corrected chi connectivity index (χ2v) is 11.3. The fourth-order valence-electron chi connectivity index (χ4n) is 2.69. The molecule has 1 unspecified atom stereocenters. The van der Waals surface area contributed by atoms with Gasteiger partial charge in [0.2, 0.25) is 0 Å². The van der Waals surface area contributed by atoms with Gasteiger partial charge in [-0.3, -0.25) is 4.79 Å². The molecule has 0 radical (unpaired) electrons. The molecule has 0 spiro atoms. The first kappa shape index (κ1) is 23.7. The average Bonchev–Trinajstić information content (AvgIpc) is 2.60. The van der Waals surface area contributed by atoms with E-state index in [1.54, 1.807) is 20.8 Å². The van der Waals surface area contributed by atoms with Crippen LogP contribution in [0.4, 0.5) is 0 Å². The Morgan fingerprint density at radius 1 is 1.00 bits per heavy atom. The van der Waals surface area contributed by atoms with Crippen LogP contribution in [0.1, 0.15) is 89.1 Å². The van der Waals surface area contributed by atoms with Crippen molar-refractivity contribution in [1.29, 1.82) is 0 Å². The number of unbranched alkanes of at least 4 members (excludes halogenated alkanes) is 4. The molecule has 0 saturated heterocycles. The lowest BCUT2D eigenvalue weighted by Crippen LogP contribution is -2.31. The highest BCUT2D eigenvalue weighted by molar-refractivity contribution is 7.92. The minimum absolute atomic E-state index is 0.0129. The quantitative estimate of drug-likeness (QED) is 0.541. The molecule has 0 saturated carbocycles. The number of benzene rings is 1. The number of hydrogen-bond donors (Lipinski definition) is 1. The van der Waals surface area contributed by atoms with Gasteiger partial charge in [0.05, 0.1) is 10.5 Å². The number of amides is 1. The van der Waals surface area contributed by atoms with E-state index in [9.17, 15) is 13.2 Å². The molecule has 0 aliphatic rings. The minimum atomic E-state index is -2.99. The molecule has 1 amide bonds. The molecule has 1 aromatic carbocycles. The maximum absolute atomic E-state index is 12.1. The van der Waals surface area contributed by atoms with Crippen molar-refractivity contribution in [2.75, 3.05) is 5.75 Å². The van der Waals surface area contributed by atoms with Gasteiger partial charge >= 0.3 is 0 Å². The summed E-state index contributed by atoms with van der Waals surface area (Å²) in [6.07, 6.45) is 6.88. The van der Waals surface area contributed by atoms with E-state index >= 15 is 0 Å². The Kier molecular flexibility index (Phi) is 9.51. The fraction of sp³-hybridized carbons (Fsp3) is 0.682. The molecule has 0 heterocycles. The van der Waals surface area contributed by atoms with E-state index in [2.05, 4.69) is 12.2 Å². The van der Waals surface area contributed by atoms with Gasteiger partial charge in [0, 0.05) is 11.6 Å². The monoisotopic (exact) mass is 395 g/mol. The predicted octanol–water partition coefficient (Wildman–Crippen LogP) is 4.92. The van der Waals surface area contributed by atoms with Crippen LogP contribution in [0.25, 0.3) is 0 Å². The Labute approximate surface area is 166 Å². The summed E-state index contributed by atoms with van der Waals surface area (Å²) in [5.74, 6) is 0.276. The molecular formula is C22H37NO3S. The van der Waals surface area contributed by atoms with Gasteiger partial charge < -0.3 is 5.32 Å². The molecule has 27 heavy (non-hydrogen) atoms. The molecule has 154 valence electrons. The van der Waals surface area contributed by atoms with Gasteiger partial charge in [0.1, 0.15) is 0 Å². The third-order valence-electron chi connectivity index (χ3n) is 5.02. The summed E-state index contributed by atoms with van der Waals surface area (Å²) >= 11 is 0. The van der Waals surface area contributed by atoms with E-state index in [0.717, 1.165) is 44.9 Å².